The lowest BCUT2D eigenvalue weighted by Gasteiger charge is -2.27. The number of aryl methyl sites for hydroxylation is 1. The van der Waals surface area contributed by atoms with E-state index in [-0.39, 0.29) is 5.91 Å². The van der Waals surface area contributed by atoms with Crippen LogP contribution in [0.15, 0.2) is 18.2 Å². The summed E-state index contributed by atoms with van der Waals surface area (Å²) < 4.78 is 0. The van der Waals surface area contributed by atoms with Crippen molar-refractivity contribution in [3.8, 4) is 5.75 Å². The van der Waals surface area contributed by atoms with Crippen LogP contribution in [0.25, 0.3) is 0 Å². The number of piperidine rings is 1. The normalized spacial score (nSPS) is 26.8. The summed E-state index contributed by atoms with van der Waals surface area (Å²) in [5, 5.41) is 16.0. The molecule has 18 heavy (non-hydrogen) atoms. The Balaban J connectivity index is 1.67. The minimum absolute atomic E-state index is 0.157. The van der Waals surface area contributed by atoms with Crippen LogP contribution in [0.4, 0.5) is 0 Å². The van der Waals surface area contributed by atoms with Gasteiger partial charge in [0.1, 0.15) is 5.75 Å². The first-order chi connectivity index (χ1) is 8.72. The van der Waals surface area contributed by atoms with Gasteiger partial charge in [-0.2, -0.15) is 0 Å². The molecule has 96 valence electrons. The predicted molar refractivity (Wildman–Crippen MR) is 68.3 cm³/mol. The van der Waals surface area contributed by atoms with Crippen LogP contribution < -0.4 is 10.6 Å². The van der Waals surface area contributed by atoms with Gasteiger partial charge < -0.3 is 15.7 Å². The number of hydrogen-bond acceptors (Lipinski definition) is 3. The maximum Gasteiger partial charge on any atom is 0.220 e. The maximum atomic E-state index is 11.1. The second-order valence-electron chi connectivity index (χ2n) is 5.18. The van der Waals surface area contributed by atoms with Crippen LogP contribution in [0, 0.1) is 0 Å². The van der Waals surface area contributed by atoms with Crippen LogP contribution in [-0.4, -0.2) is 23.6 Å². The Hall–Kier alpha value is -1.55. The van der Waals surface area contributed by atoms with Crippen molar-refractivity contribution in [3.05, 3.63) is 29.3 Å². The van der Waals surface area contributed by atoms with Crippen LogP contribution in [0.1, 0.15) is 36.4 Å². The highest BCUT2D eigenvalue weighted by Gasteiger charge is 2.26. The van der Waals surface area contributed by atoms with E-state index in [9.17, 15) is 9.90 Å². The van der Waals surface area contributed by atoms with Gasteiger partial charge in [-0.15, -0.1) is 0 Å². The molecular formula is C14H18N2O2. The van der Waals surface area contributed by atoms with Crippen LogP contribution in [0.2, 0.25) is 0 Å². The summed E-state index contributed by atoms with van der Waals surface area (Å²) in [6, 6.07) is 6.35. The first kappa shape index (κ1) is 11.5. The molecule has 0 spiro atoms. The molecule has 0 radical (unpaired) electrons. The van der Waals surface area contributed by atoms with Gasteiger partial charge in [0, 0.05) is 25.0 Å². The SMILES string of the molecule is O=C1CCC(NC2CCc3cc(O)ccc32)CN1. The van der Waals surface area contributed by atoms with Gasteiger partial charge in [-0.3, -0.25) is 4.79 Å². The van der Waals surface area contributed by atoms with Gasteiger partial charge in [0.05, 0.1) is 0 Å². The number of phenolic OH excluding ortho intramolecular Hbond substituents is 1. The molecule has 1 aliphatic carbocycles. The number of nitrogens with one attached hydrogen (secondary N) is 2. The third kappa shape index (κ3) is 2.20. The number of amides is 1. The zero-order valence-electron chi connectivity index (χ0n) is 10.3. The Morgan fingerprint density at radius 3 is 2.94 bits per heavy atom. The van der Waals surface area contributed by atoms with Crippen molar-refractivity contribution < 1.29 is 9.90 Å². The van der Waals surface area contributed by atoms with E-state index in [0.717, 1.165) is 25.8 Å². The van der Waals surface area contributed by atoms with E-state index in [2.05, 4.69) is 10.6 Å². The van der Waals surface area contributed by atoms with Crippen molar-refractivity contribution in [1.82, 2.24) is 10.6 Å². The van der Waals surface area contributed by atoms with Crippen LogP contribution in [0.3, 0.4) is 0 Å². The molecule has 4 nitrogen and oxygen atoms in total. The molecular weight excluding hydrogens is 228 g/mol. The molecule has 1 aliphatic heterocycles. The van der Waals surface area contributed by atoms with E-state index in [4.69, 9.17) is 0 Å². The van der Waals surface area contributed by atoms with E-state index in [0.29, 0.717) is 24.3 Å². The fourth-order valence-corrected chi connectivity index (χ4v) is 2.94. The second kappa shape index (κ2) is 4.61. The van der Waals surface area contributed by atoms with Crippen molar-refractivity contribution in [2.45, 2.75) is 37.8 Å². The molecule has 1 fully saturated rings. The summed E-state index contributed by atoms with van der Waals surface area (Å²) in [5.41, 5.74) is 2.54. The quantitative estimate of drug-likeness (QED) is 0.736. The summed E-state index contributed by atoms with van der Waals surface area (Å²) in [4.78, 5) is 11.1. The summed E-state index contributed by atoms with van der Waals surface area (Å²) in [6.07, 6.45) is 3.62. The van der Waals surface area contributed by atoms with E-state index in [1.807, 2.05) is 12.1 Å². The molecule has 3 rings (SSSR count). The molecule has 2 aliphatic rings. The van der Waals surface area contributed by atoms with Crippen LogP contribution >= 0.6 is 0 Å². The molecule has 0 saturated carbocycles. The Kier molecular flexibility index (Phi) is 2.96. The summed E-state index contributed by atoms with van der Waals surface area (Å²) >= 11 is 0. The number of benzene rings is 1. The molecule has 1 heterocycles. The average molecular weight is 246 g/mol. The minimum atomic E-state index is 0.157. The number of aromatic hydroxyl groups is 1. The molecule has 1 saturated heterocycles. The number of carbonyl (C=O) groups excluding carboxylic acids is 1. The number of rotatable bonds is 2. The summed E-state index contributed by atoms with van der Waals surface area (Å²) in [7, 11) is 0. The monoisotopic (exact) mass is 246 g/mol. The summed E-state index contributed by atoms with van der Waals surface area (Å²) in [6.45, 7) is 0.725. The standard InChI is InChI=1S/C14H18N2O2/c17-11-3-4-12-9(7-11)1-5-13(12)16-10-2-6-14(18)15-8-10/h3-4,7,10,13,16-17H,1-2,5-6,8H2,(H,15,18). The molecule has 1 aromatic carbocycles. The Morgan fingerprint density at radius 2 is 2.17 bits per heavy atom. The van der Waals surface area contributed by atoms with Crippen molar-refractivity contribution in [2.75, 3.05) is 6.54 Å². The van der Waals surface area contributed by atoms with Gasteiger partial charge in [-0.1, -0.05) is 6.07 Å². The molecule has 1 aromatic rings. The van der Waals surface area contributed by atoms with Crippen molar-refractivity contribution in [3.63, 3.8) is 0 Å². The van der Waals surface area contributed by atoms with Gasteiger partial charge in [0.2, 0.25) is 5.91 Å². The highest BCUT2D eigenvalue weighted by molar-refractivity contribution is 5.76. The molecule has 0 aromatic heterocycles. The van der Waals surface area contributed by atoms with Gasteiger partial charge in [0.15, 0.2) is 0 Å². The van der Waals surface area contributed by atoms with E-state index in [1.165, 1.54) is 11.1 Å². The molecule has 0 bridgehead atoms. The van der Waals surface area contributed by atoms with E-state index < -0.39 is 0 Å². The fourth-order valence-electron chi connectivity index (χ4n) is 2.94. The van der Waals surface area contributed by atoms with Gasteiger partial charge in [-0.25, -0.2) is 0 Å². The van der Waals surface area contributed by atoms with Gasteiger partial charge >= 0.3 is 0 Å². The predicted octanol–water partition coefficient (Wildman–Crippen LogP) is 1.25. The van der Waals surface area contributed by atoms with Crippen LogP contribution in [-0.2, 0) is 11.2 Å². The number of carbonyl (C=O) groups is 1. The molecule has 4 heteroatoms. The van der Waals surface area contributed by atoms with Crippen LogP contribution in [0.5, 0.6) is 5.75 Å². The molecule has 3 N–H and O–H groups in total. The highest BCUT2D eigenvalue weighted by Crippen LogP contribution is 2.33. The largest absolute Gasteiger partial charge is 0.508 e. The third-order valence-electron chi connectivity index (χ3n) is 3.91. The van der Waals surface area contributed by atoms with Gasteiger partial charge in [0.25, 0.3) is 0 Å². The van der Waals surface area contributed by atoms with Gasteiger partial charge in [-0.05, 0) is 42.5 Å². The summed E-state index contributed by atoms with van der Waals surface area (Å²) in [5.74, 6) is 0.504. The van der Waals surface area contributed by atoms with E-state index >= 15 is 0 Å². The number of phenols is 1. The lowest BCUT2D eigenvalue weighted by molar-refractivity contribution is -0.122. The first-order valence-electron chi connectivity index (χ1n) is 6.57. The Bertz CT molecular complexity index is 463. The first-order valence-corrected chi connectivity index (χ1v) is 6.57. The maximum absolute atomic E-state index is 11.1. The zero-order chi connectivity index (χ0) is 12.5. The average Bonchev–Trinajstić information content (AvgIpc) is 2.74. The molecule has 2 atom stereocenters. The number of fused-ring (bicyclic) bond motifs is 1. The third-order valence-corrected chi connectivity index (χ3v) is 3.91. The van der Waals surface area contributed by atoms with Crippen molar-refractivity contribution in [1.29, 1.82) is 0 Å². The fraction of sp³-hybridized carbons (Fsp3) is 0.500. The Labute approximate surface area is 106 Å². The van der Waals surface area contributed by atoms with Crippen molar-refractivity contribution >= 4 is 5.91 Å². The second-order valence-corrected chi connectivity index (χ2v) is 5.18. The lowest BCUT2D eigenvalue weighted by Crippen LogP contribution is -2.46. The van der Waals surface area contributed by atoms with E-state index in [1.54, 1.807) is 6.07 Å². The highest BCUT2D eigenvalue weighted by atomic mass is 16.3. The zero-order valence-corrected chi connectivity index (χ0v) is 10.3. The minimum Gasteiger partial charge on any atom is -0.508 e. The smallest absolute Gasteiger partial charge is 0.220 e. The topological polar surface area (TPSA) is 61.4 Å². The lowest BCUT2D eigenvalue weighted by atomic mass is 10.0. The molecule has 2 unspecified atom stereocenters. The molecule has 1 amide bonds. The van der Waals surface area contributed by atoms with Crippen molar-refractivity contribution in [2.24, 2.45) is 0 Å². The number of hydrogen-bond donors (Lipinski definition) is 3. The Morgan fingerprint density at radius 1 is 1.28 bits per heavy atom.